The molecule has 19 heavy (non-hydrogen) atoms. The maximum absolute atomic E-state index is 11.9. The molecule has 98 valence electrons. The van der Waals surface area contributed by atoms with E-state index in [4.69, 9.17) is 9.84 Å². The Labute approximate surface area is 113 Å². The minimum Gasteiger partial charge on any atom is -0.480 e. The number of anilines is 1. The van der Waals surface area contributed by atoms with Gasteiger partial charge in [-0.2, -0.15) is 0 Å². The number of hydrogen-bond donors (Lipinski definition) is 2. The van der Waals surface area contributed by atoms with E-state index in [1.165, 1.54) is 11.3 Å². The molecule has 2 N–H and O–H groups in total. The number of rotatable bonds is 5. The van der Waals surface area contributed by atoms with Crippen molar-refractivity contribution in [3.63, 3.8) is 0 Å². The normalized spacial score (nSPS) is 9.89. The summed E-state index contributed by atoms with van der Waals surface area (Å²) in [6.07, 6.45) is 0. The summed E-state index contributed by atoms with van der Waals surface area (Å²) in [5.74, 6) is -0.990. The molecule has 0 atom stereocenters. The third kappa shape index (κ3) is 3.56. The molecule has 1 heterocycles. The number of carboxylic acids is 1. The highest BCUT2D eigenvalue weighted by Gasteiger charge is 2.11. The van der Waals surface area contributed by atoms with Crippen LogP contribution in [-0.2, 0) is 4.79 Å². The van der Waals surface area contributed by atoms with Crippen LogP contribution < -0.4 is 10.1 Å². The van der Waals surface area contributed by atoms with Crippen LogP contribution in [0.15, 0.2) is 41.8 Å². The number of carboxylic acid groups (broad SMARTS) is 1. The number of ether oxygens (including phenoxy) is 1. The van der Waals surface area contributed by atoms with Gasteiger partial charge >= 0.3 is 5.97 Å². The molecule has 5 nitrogen and oxygen atoms in total. The molecule has 1 aromatic heterocycles. The van der Waals surface area contributed by atoms with Gasteiger partial charge in [-0.1, -0.05) is 18.2 Å². The maximum atomic E-state index is 11.9. The largest absolute Gasteiger partial charge is 0.480 e. The Morgan fingerprint density at radius 1 is 1.21 bits per heavy atom. The average Bonchev–Trinajstić information content (AvgIpc) is 2.91. The molecule has 0 fully saturated rings. The van der Waals surface area contributed by atoms with Crippen LogP contribution in [0, 0.1) is 0 Å². The van der Waals surface area contributed by atoms with Gasteiger partial charge in [0.25, 0.3) is 5.91 Å². The van der Waals surface area contributed by atoms with Crippen LogP contribution in [0.2, 0.25) is 0 Å². The van der Waals surface area contributed by atoms with Gasteiger partial charge in [0, 0.05) is 0 Å². The van der Waals surface area contributed by atoms with E-state index in [-0.39, 0.29) is 5.91 Å². The minimum absolute atomic E-state index is 0.249. The fourth-order valence-electron chi connectivity index (χ4n) is 1.43. The van der Waals surface area contributed by atoms with Gasteiger partial charge < -0.3 is 15.2 Å². The number of carbonyl (C=O) groups is 2. The Hall–Kier alpha value is -2.34. The minimum atomic E-state index is -1.07. The number of aliphatic carboxylic acids is 1. The second-order valence-corrected chi connectivity index (χ2v) is 4.56. The summed E-state index contributed by atoms with van der Waals surface area (Å²) in [5, 5.41) is 13.1. The lowest BCUT2D eigenvalue weighted by Crippen LogP contribution is -2.14. The molecule has 6 heteroatoms. The molecule has 0 radical (unpaired) electrons. The fourth-order valence-corrected chi connectivity index (χ4v) is 2.05. The zero-order chi connectivity index (χ0) is 13.7. The molecule has 0 aliphatic rings. The number of nitrogens with one attached hydrogen (secondary N) is 1. The standard InChI is InChI=1S/C13H11NO4S/c15-12(16)8-18-10-5-2-1-4-9(10)14-13(17)11-6-3-7-19-11/h1-7H,8H2,(H,14,17)(H,15,16). The average molecular weight is 277 g/mol. The summed E-state index contributed by atoms with van der Waals surface area (Å²) in [4.78, 5) is 23.0. The predicted molar refractivity (Wildman–Crippen MR) is 71.8 cm³/mol. The lowest BCUT2D eigenvalue weighted by molar-refractivity contribution is -0.139. The van der Waals surface area contributed by atoms with Crippen molar-refractivity contribution in [2.24, 2.45) is 0 Å². The highest BCUT2D eigenvalue weighted by molar-refractivity contribution is 7.12. The van der Waals surface area contributed by atoms with Gasteiger partial charge in [-0.05, 0) is 23.6 Å². The summed E-state index contributed by atoms with van der Waals surface area (Å²) in [5.41, 5.74) is 0.446. The molecule has 0 saturated heterocycles. The van der Waals surface area contributed by atoms with Crippen molar-refractivity contribution >= 4 is 28.9 Å². The first-order valence-corrected chi connectivity index (χ1v) is 6.33. The second-order valence-electron chi connectivity index (χ2n) is 3.61. The fraction of sp³-hybridized carbons (Fsp3) is 0.0769. The van der Waals surface area contributed by atoms with E-state index in [9.17, 15) is 9.59 Å². The third-order valence-electron chi connectivity index (χ3n) is 2.23. The van der Waals surface area contributed by atoms with Crippen molar-refractivity contribution in [2.45, 2.75) is 0 Å². The van der Waals surface area contributed by atoms with Crippen LogP contribution in [-0.4, -0.2) is 23.6 Å². The van der Waals surface area contributed by atoms with Gasteiger partial charge in [-0.25, -0.2) is 4.79 Å². The molecule has 1 aromatic carbocycles. The predicted octanol–water partition coefficient (Wildman–Crippen LogP) is 2.46. The molecule has 0 spiro atoms. The summed E-state index contributed by atoms with van der Waals surface area (Å²) < 4.78 is 5.11. The van der Waals surface area contributed by atoms with E-state index < -0.39 is 12.6 Å². The van der Waals surface area contributed by atoms with Crippen molar-refractivity contribution in [3.05, 3.63) is 46.7 Å². The SMILES string of the molecule is O=C(O)COc1ccccc1NC(=O)c1cccs1. The number of thiophene rings is 1. The smallest absolute Gasteiger partial charge is 0.341 e. The Balaban J connectivity index is 2.11. The summed E-state index contributed by atoms with van der Waals surface area (Å²) >= 11 is 1.33. The summed E-state index contributed by atoms with van der Waals surface area (Å²) in [7, 11) is 0. The van der Waals surface area contributed by atoms with Gasteiger partial charge in [0.15, 0.2) is 6.61 Å². The Morgan fingerprint density at radius 3 is 2.68 bits per heavy atom. The first-order valence-electron chi connectivity index (χ1n) is 5.45. The first-order chi connectivity index (χ1) is 9.16. The quantitative estimate of drug-likeness (QED) is 0.880. The first kappa shape index (κ1) is 13.1. The molecule has 0 saturated carbocycles. The number of benzene rings is 1. The zero-order valence-corrected chi connectivity index (χ0v) is 10.6. The van der Waals surface area contributed by atoms with Crippen molar-refractivity contribution < 1.29 is 19.4 Å². The van der Waals surface area contributed by atoms with E-state index >= 15 is 0 Å². The topological polar surface area (TPSA) is 75.6 Å². The van der Waals surface area contributed by atoms with Crippen molar-refractivity contribution in [1.29, 1.82) is 0 Å². The van der Waals surface area contributed by atoms with Crippen LogP contribution in [0.1, 0.15) is 9.67 Å². The highest BCUT2D eigenvalue weighted by Crippen LogP contribution is 2.24. The van der Waals surface area contributed by atoms with Crippen LogP contribution in [0.3, 0.4) is 0 Å². The lowest BCUT2D eigenvalue weighted by Gasteiger charge is -2.10. The summed E-state index contributed by atoms with van der Waals surface area (Å²) in [6.45, 7) is -0.452. The molecule has 0 bridgehead atoms. The molecule has 0 aliphatic heterocycles. The number of carbonyl (C=O) groups excluding carboxylic acids is 1. The Bertz CT molecular complexity index is 580. The van der Waals surface area contributed by atoms with E-state index in [2.05, 4.69) is 5.32 Å². The van der Waals surface area contributed by atoms with E-state index in [1.807, 2.05) is 5.38 Å². The number of para-hydroxylation sites is 2. The zero-order valence-electron chi connectivity index (χ0n) is 9.83. The van der Waals surface area contributed by atoms with Crippen LogP contribution >= 0.6 is 11.3 Å². The van der Waals surface area contributed by atoms with Gasteiger partial charge in [0.1, 0.15) is 5.75 Å². The molecule has 2 rings (SSSR count). The van der Waals surface area contributed by atoms with Crippen LogP contribution in [0.5, 0.6) is 5.75 Å². The van der Waals surface area contributed by atoms with E-state index in [0.29, 0.717) is 16.3 Å². The molecular weight excluding hydrogens is 266 g/mol. The van der Waals surface area contributed by atoms with Gasteiger partial charge in [0.2, 0.25) is 0 Å². The number of amides is 1. The monoisotopic (exact) mass is 277 g/mol. The Morgan fingerprint density at radius 2 is 2.00 bits per heavy atom. The van der Waals surface area contributed by atoms with E-state index in [0.717, 1.165) is 0 Å². The number of hydrogen-bond acceptors (Lipinski definition) is 4. The highest BCUT2D eigenvalue weighted by atomic mass is 32.1. The molecule has 0 unspecified atom stereocenters. The van der Waals surface area contributed by atoms with Crippen LogP contribution in [0.25, 0.3) is 0 Å². The summed E-state index contributed by atoms with van der Waals surface area (Å²) in [6, 6.07) is 10.2. The Kier molecular flexibility index (Phi) is 4.15. The van der Waals surface area contributed by atoms with E-state index in [1.54, 1.807) is 36.4 Å². The van der Waals surface area contributed by atoms with Crippen molar-refractivity contribution in [2.75, 3.05) is 11.9 Å². The van der Waals surface area contributed by atoms with Crippen molar-refractivity contribution in [1.82, 2.24) is 0 Å². The van der Waals surface area contributed by atoms with Gasteiger partial charge in [-0.3, -0.25) is 4.79 Å². The maximum Gasteiger partial charge on any atom is 0.341 e. The molecular formula is C13H11NO4S. The lowest BCUT2D eigenvalue weighted by atomic mass is 10.3. The van der Waals surface area contributed by atoms with Crippen molar-refractivity contribution in [3.8, 4) is 5.75 Å². The third-order valence-corrected chi connectivity index (χ3v) is 3.10. The molecule has 1 amide bonds. The second kappa shape index (κ2) is 6.01. The van der Waals surface area contributed by atoms with Gasteiger partial charge in [-0.15, -0.1) is 11.3 Å². The molecule has 0 aliphatic carbocycles. The van der Waals surface area contributed by atoms with Gasteiger partial charge in [0.05, 0.1) is 10.6 Å². The molecule has 2 aromatic rings. The van der Waals surface area contributed by atoms with Crippen LogP contribution in [0.4, 0.5) is 5.69 Å².